The van der Waals surface area contributed by atoms with Gasteiger partial charge in [0.15, 0.2) is 0 Å². The Balaban J connectivity index is 2.00. The summed E-state index contributed by atoms with van der Waals surface area (Å²) >= 11 is 6.09. The zero-order valence-corrected chi connectivity index (χ0v) is 19.1. The highest BCUT2D eigenvalue weighted by atomic mass is 35.5. The summed E-state index contributed by atoms with van der Waals surface area (Å²) in [5, 5.41) is 12.8. The van der Waals surface area contributed by atoms with E-state index in [4.69, 9.17) is 21.1 Å². The Morgan fingerprint density at radius 2 is 2.15 bits per heavy atom. The van der Waals surface area contributed by atoms with Gasteiger partial charge in [-0.1, -0.05) is 17.7 Å². The van der Waals surface area contributed by atoms with Crippen molar-refractivity contribution >= 4 is 29.2 Å². The van der Waals surface area contributed by atoms with Gasteiger partial charge in [-0.2, -0.15) is 10.2 Å². The molecule has 2 heterocycles. The molecule has 0 saturated heterocycles. The number of amides is 1. The number of rotatable bonds is 9. The Morgan fingerprint density at radius 3 is 2.88 bits per heavy atom. The normalized spacial score (nSPS) is 11.3. The van der Waals surface area contributed by atoms with Crippen molar-refractivity contribution in [1.82, 2.24) is 14.7 Å². The van der Waals surface area contributed by atoms with Crippen LogP contribution in [0.25, 0.3) is 11.7 Å². The number of hydrogen-bond acceptors (Lipinski definition) is 6. The molecule has 170 valence electrons. The van der Waals surface area contributed by atoms with Crippen LogP contribution in [0.15, 0.2) is 53.0 Å². The minimum atomic E-state index is -0.597. The molecule has 3 rings (SSSR count). The van der Waals surface area contributed by atoms with E-state index in [1.807, 2.05) is 19.9 Å². The number of carbonyl (C=O) groups is 1. The van der Waals surface area contributed by atoms with Crippen molar-refractivity contribution in [3.05, 3.63) is 74.7 Å². The first kappa shape index (κ1) is 24.0. The lowest BCUT2D eigenvalue weighted by Crippen LogP contribution is -2.27. The van der Waals surface area contributed by atoms with E-state index in [0.29, 0.717) is 42.6 Å². The largest absolute Gasteiger partial charge is 0.438 e. The highest BCUT2D eigenvalue weighted by Gasteiger charge is 2.17. The van der Waals surface area contributed by atoms with Gasteiger partial charge in [-0.3, -0.25) is 14.0 Å². The van der Waals surface area contributed by atoms with Crippen LogP contribution >= 0.6 is 11.6 Å². The highest BCUT2D eigenvalue weighted by Crippen LogP contribution is 2.27. The summed E-state index contributed by atoms with van der Waals surface area (Å²) in [6, 6.07) is 12.0. The smallest absolute Gasteiger partial charge is 0.269 e. The molecule has 0 aliphatic heterocycles. The Labute approximate surface area is 196 Å². The average molecular weight is 467 g/mol. The van der Waals surface area contributed by atoms with Crippen molar-refractivity contribution in [1.29, 1.82) is 5.26 Å². The molecule has 0 saturated carbocycles. The Hall–Kier alpha value is -3.67. The van der Waals surface area contributed by atoms with Crippen molar-refractivity contribution in [3.8, 4) is 17.7 Å². The standard InChI is InChI=1S/C24H23ClN4O4/c1-3-32-12-6-10-27-22(30)17(15-26)14-19-23(33-18-8-9-20(25)16(2)13-18)28-21-7-4-5-11-29(21)24(19)31/h4-5,7-9,11,13-14H,3,6,10,12H2,1-2H3,(H,27,30)/b17-14+. The van der Waals surface area contributed by atoms with Crippen molar-refractivity contribution in [2.45, 2.75) is 20.3 Å². The first-order chi connectivity index (χ1) is 15.9. The number of nitrogens with zero attached hydrogens (tertiary/aromatic N) is 3. The van der Waals surface area contributed by atoms with Gasteiger partial charge in [-0.05, 0) is 62.2 Å². The summed E-state index contributed by atoms with van der Waals surface area (Å²) < 4.78 is 12.5. The predicted molar refractivity (Wildman–Crippen MR) is 125 cm³/mol. The maximum Gasteiger partial charge on any atom is 0.269 e. The van der Waals surface area contributed by atoms with Gasteiger partial charge in [0.25, 0.3) is 11.5 Å². The lowest BCUT2D eigenvalue weighted by Gasteiger charge is -2.11. The predicted octanol–water partition coefficient (Wildman–Crippen LogP) is 3.90. The number of carbonyl (C=O) groups excluding carboxylic acids is 1. The van der Waals surface area contributed by atoms with Crippen LogP contribution in [0.1, 0.15) is 24.5 Å². The van der Waals surface area contributed by atoms with Gasteiger partial charge in [-0.15, -0.1) is 0 Å². The Bertz CT molecular complexity index is 1290. The number of nitriles is 1. The number of ether oxygens (including phenoxy) is 2. The minimum Gasteiger partial charge on any atom is -0.438 e. The van der Waals surface area contributed by atoms with E-state index in [9.17, 15) is 14.9 Å². The molecule has 0 atom stereocenters. The number of nitrogens with one attached hydrogen (secondary N) is 1. The minimum absolute atomic E-state index is 0.0210. The second-order valence-corrected chi connectivity index (χ2v) is 7.46. The summed E-state index contributed by atoms with van der Waals surface area (Å²) in [7, 11) is 0. The van der Waals surface area contributed by atoms with Gasteiger partial charge < -0.3 is 14.8 Å². The number of benzene rings is 1. The monoisotopic (exact) mass is 466 g/mol. The molecule has 0 unspecified atom stereocenters. The van der Waals surface area contributed by atoms with E-state index in [1.54, 1.807) is 42.6 Å². The highest BCUT2D eigenvalue weighted by molar-refractivity contribution is 6.31. The zero-order valence-electron chi connectivity index (χ0n) is 18.3. The molecule has 1 N–H and O–H groups in total. The van der Waals surface area contributed by atoms with Crippen molar-refractivity contribution in [2.24, 2.45) is 0 Å². The number of hydrogen-bond donors (Lipinski definition) is 1. The molecule has 0 aliphatic carbocycles. The van der Waals surface area contributed by atoms with E-state index in [-0.39, 0.29) is 17.0 Å². The second kappa shape index (κ2) is 11.3. The Morgan fingerprint density at radius 1 is 1.33 bits per heavy atom. The molecule has 3 aromatic rings. The first-order valence-corrected chi connectivity index (χ1v) is 10.8. The number of aryl methyl sites for hydroxylation is 1. The quantitative estimate of drug-likeness (QED) is 0.291. The molecule has 0 radical (unpaired) electrons. The number of pyridine rings is 1. The molecule has 0 bridgehead atoms. The molecular formula is C24H23ClN4O4. The van der Waals surface area contributed by atoms with Gasteiger partial charge in [0.05, 0.1) is 0 Å². The lowest BCUT2D eigenvalue weighted by atomic mass is 10.1. The third-order valence-corrected chi connectivity index (χ3v) is 5.11. The molecular weight excluding hydrogens is 444 g/mol. The molecule has 1 amide bonds. The van der Waals surface area contributed by atoms with Crippen LogP contribution in [0.2, 0.25) is 5.02 Å². The van der Waals surface area contributed by atoms with Gasteiger partial charge >= 0.3 is 0 Å². The van der Waals surface area contributed by atoms with Crippen LogP contribution < -0.4 is 15.6 Å². The van der Waals surface area contributed by atoms with E-state index >= 15 is 0 Å². The SMILES string of the molecule is CCOCCCNC(=O)/C(C#N)=C/c1c(Oc2ccc(Cl)c(C)c2)nc2ccccn2c1=O. The molecule has 9 heteroatoms. The van der Waals surface area contributed by atoms with E-state index in [1.165, 1.54) is 10.5 Å². The molecule has 0 spiro atoms. The number of halogens is 1. The Kier molecular flexibility index (Phi) is 8.19. The van der Waals surface area contributed by atoms with Crippen molar-refractivity contribution < 1.29 is 14.3 Å². The van der Waals surface area contributed by atoms with Crippen LogP contribution in [0, 0.1) is 18.3 Å². The van der Waals surface area contributed by atoms with Crippen LogP contribution in [-0.2, 0) is 9.53 Å². The maximum absolute atomic E-state index is 13.2. The van der Waals surface area contributed by atoms with Gasteiger partial charge in [0, 0.05) is 31.0 Å². The van der Waals surface area contributed by atoms with Gasteiger partial charge in [-0.25, -0.2) is 0 Å². The maximum atomic E-state index is 13.2. The van der Waals surface area contributed by atoms with Crippen molar-refractivity contribution in [3.63, 3.8) is 0 Å². The fourth-order valence-corrected chi connectivity index (χ4v) is 3.10. The summed E-state index contributed by atoms with van der Waals surface area (Å²) in [5.74, 6) is -0.206. The summed E-state index contributed by atoms with van der Waals surface area (Å²) in [4.78, 5) is 30.1. The van der Waals surface area contributed by atoms with E-state index < -0.39 is 11.5 Å². The molecule has 0 fully saturated rings. The fourth-order valence-electron chi connectivity index (χ4n) is 2.98. The zero-order chi connectivity index (χ0) is 23.8. The summed E-state index contributed by atoms with van der Waals surface area (Å²) in [6.45, 7) is 5.13. The lowest BCUT2D eigenvalue weighted by molar-refractivity contribution is -0.117. The van der Waals surface area contributed by atoms with E-state index in [2.05, 4.69) is 10.3 Å². The van der Waals surface area contributed by atoms with Crippen LogP contribution in [0.5, 0.6) is 11.6 Å². The van der Waals surface area contributed by atoms with Gasteiger partial charge in [0.2, 0.25) is 5.88 Å². The second-order valence-electron chi connectivity index (χ2n) is 7.05. The topological polar surface area (TPSA) is 106 Å². The van der Waals surface area contributed by atoms with E-state index in [0.717, 1.165) is 5.56 Å². The van der Waals surface area contributed by atoms with Crippen LogP contribution in [0.3, 0.4) is 0 Å². The molecule has 2 aromatic heterocycles. The third kappa shape index (κ3) is 5.98. The molecule has 33 heavy (non-hydrogen) atoms. The van der Waals surface area contributed by atoms with Crippen LogP contribution in [-0.4, -0.2) is 35.1 Å². The molecule has 0 aliphatic rings. The third-order valence-electron chi connectivity index (χ3n) is 4.69. The van der Waals surface area contributed by atoms with Crippen molar-refractivity contribution in [2.75, 3.05) is 19.8 Å². The van der Waals surface area contributed by atoms with Gasteiger partial charge in [0.1, 0.15) is 28.6 Å². The fraction of sp³-hybridized carbons (Fsp3) is 0.250. The first-order valence-electron chi connectivity index (χ1n) is 10.4. The van der Waals surface area contributed by atoms with Crippen LogP contribution in [0.4, 0.5) is 0 Å². The summed E-state index contributed by atoms with van der Waals surface area (Å²) in [5.41, 5.74) is 0.413. The molecule has 8 nitrogen and oxygen atoms in total. The summed E-state index contributed by atoms with van der Waals surface area (Å²) in [6.07, 6.45) is 3.35. The molecule has 1 aromatic carbocycles. The average Bonchev–Trinajstić information content (AvgIpc) is 2.81. The number of fused-ring (bicyclic) bond motifs is 1. The number of aromatic nitrogens is 2.